The number of hydrogen-bond acceptors (Lipinski definition) is 4. The van der Waals surface area contributed by atoms with Gasteiger partial charge in [-0.2, -0.15) is 0 Å². The number of hydrogen-bond donors (Lipinski definition) is 2. The smallest absolute Gasteiger partial charge is 0.407 e. The van der Waals surface area contributed by atoms with E-state index >= 15 is 0 Å². The van der Waals surface area contributed by atoms with E-state index in [1.807, 2.05) is 0 Å². The van der Waals surface area contributed by atoms with Gasteiger partial charge in [-0.1, -0.05) is 0 Å². The molecule has 1 aliphatic heterocycles. The molecule has 0 aliphatic carbocycles. The Bertz CT molecular complexity index is 300. The molecule has 0 aromatic rings. The van der Waals surface area contributed by atoms with Gasteiger partial charge in [-0.15, -0.1) is 0 Å². The first kappa shape index (κ1) is 16.1. The summed E-state index contributed by atoms with van der Waals surface area (Å²) in [5.41, 5.74) is -0.696. The highest BCUT2D eigenvalue weighted by Gasteiger charge is 2.31. The Balaban J connectivity index is 2.23. The first-order chi connectivity index (χ1) is 8.68. The summed E-state index contributed by atoms with van der Waals surface area (Å²) in [7, 11) is 0. The van der Waals surface area contributed by atoms with Gasteiger partial charge in [-0.05, 0) is 27.2 Å². The maximum atomic E-state index is 13.5. The SMILES string of the molecule is CC(C)(C)OC(=O)NCC(F)(F)CNC1CCOC1. The van der Waals surface area contributed by atoms with Gasteiger partial charge in [-0.3, -0.25) is 0 Å². The molecular weight excluding hydrogens is 258 g/mol. The van der Waals surface area contributed by atoms with Crippen LogP contribution in [-0.4, -0.2) is 50.0 Å². The van der Waals surface area contributed by atoms with Crippen LogP contribution in [0, 0.1) is 0 Å². The van der Waals surface area contributed by atoms with Crippen LogP contribution in [0.5, 0.6) is 0 Å². The number of halogens is 2. The Hall–Kier alpha value is -0.950. The minimum atomic E-state index is -3.01. The van der Waals surface area contributed by atoms with Crippen molar-refractivity contribution in [3.8, 4) is 0 Å². The lowest BCUT2D eigenvalue weighted by molar-refractivity contribution is -0.00574. The Labute approximate surface area is 112 Å². The van der Waals surface area contributed by atoms with Crippen molar-refractivity contribution in [3.05, 3.63) is 0 Å². The van der Waals surface area contributed by atoms with Gasteiger partial charge in [0.05, 0.1) is 19.7 Å². The monoisotopic (exact) mass is 280 g/mol. The third-order valence-corrected chi connectivity index (χ3v) is 2.47. The van der Waals surface area contributed by atoms with Crippen LogP contribution in [0.15, 0.2) is 0 Å². The number of alkyl carbamates (subject to hydrolysis) is 1. The van der Waals surface area contributed by atoms with E-state index in [4.69, 9.17) is 9.47 Å². The van der Waals surface area contributed by atoms with E-state index in [0.29, 0.717) is 13.2 Å². The molecule has 0 aromatic carbocycles. The predicted octanol–water partition coefficient (Wildman–Crippen LogP) is 1.52. The van der Waals surface area contributed by atoms with Crippen molar-refractivity contribution in [3.63, 3.8) is 0 Å². The van der Waals surface area contributed by atoms with E-state index in [9.17, 15) is 13.6 Å². The Morgan fingerprint density at radius 3 is 2.58 bits per heavy atom. The molecule has 1 amide bonds. The van der Waals surface area contributed by atoms with Crippen molar-refractivity contribution in [1.82, 2.24) is 10.6 Å². The molecule has 0 aromatic heterocycles. The van der Waals surface area contributed by atoms with Crippen molar-refractivity contribution >= 4 is 6.09 Å². The molecule has 19 heavy (non-hydrogen) atoms. The van der Waals surface area contributed by atoms with E-state index in [0.717, 1.165) is 6.42 Å². The molecule has 0 spiro atoms. The molecule has 0 radical (unpaired) electrons. The molecule has 0 saturated carbocycles. The summed E-state index contributed by atoms with van der Waals surface area (Å²) in [5, 5.41) is 4.80. The molecule has 1 saturated heterocycles. The lowest BCUT2D eigenvalue weighted by atomic mass is 10.2. The van der Waals surface area contributed by atoms with E-state index < -0.39 is 30.7 Å². The van der Waals surface area contributed by atoms with Crippen molar-refractivity contribution in [2.75, 3.05) is 26.3 Å². The summed E-state index contributed by atoms with van der Waals surface area (Å²) in [6.45, 7) is 4.83. The fourth-order valence-corrected chi connectivity index (χ4v) is 1.57. The summed E-state index contributed by atoms with van der Waals surface area (Å²) in [4.78, 5) is 11.3. The highest BCUT2D eigenvalue weighted by Crippen LogP contribution is 2.13. The first-order valence-electron chi connectivity index (χ1n) is 6.34. The highest BCUT2D eigenvalue weighted by molar-refractivity contribution is 5.67. The van der Waals surface area contributed by atoms with Crippen molar-refractivity contribution in [2.24, 2.45) is 0 Å². The summed E-state index contributed by atoms with van der Waals surface area (Å²) >= 11 is 0. The van der Waals surface area contributed by atoms with Gasteiger partial charge in [0.2, 0.25) is 0 Å². The minimum absolute atomic E-state index is 0.0348. The lowest BCUT2D eigenvalue weighted by Crippen LogP contribution is -2.47. The van der Waals surface area contributed by atoms with Crippen LogP contribution in [0.3, 0.4) is 0 Å². The van der Waals surface area contributed by atoms with E-state index in [-0.39, 0.29) is 6.04 Å². The van der Waals surface area contributed by atoms with Crippen LogP contribution in [0.4, 0.5) is 13.6 Å². The summed E-state index contributed by atoms with van der Waals surface area (Å²) in [6, 6.07) is -0.0348. The molecule has 1 heterocycles. The van der Waals surface area contributed by atoms with Gasteiger partial charge in [0, 0.05) is 12.6 Å². The van der Waals surface area contributed by atoms with Crippen LogP contribution in [-0.2, 0) is 9.47 Å². The second kappa shape index (κ2) is 6.47. The van der Waals surface area contributed by atoms with Gasteiger partial charge in [0.25, 0.3) is 5.92 Å². The number of alkyl halides is 2. The lowest BCUT2D eigenvalue weighted by Gasteiger charge is -2.22. The molecule has 1 atom stereocenters. The number of rotatable bonds is 5. The summed E-state index contributed by atoms with van der Waals surface area (Å²) in [5.74, 6) is -3.01. The van der Waals surface area contributed by atoms with E-state index in [2.05, 4.69) is 10.6 Å². The average Bonchev–Trinajstić information content (AvgIpc) is 2.74. The Morgan fingerprint density at radius 1 is 1.37 bits per heavy atom. The summed E-state index contributed by atoms with van der Waals surface area (Å²) in [6.07, 6.45) is -0.105. The van der Waals surface area contributed by atoms with Gasteiger partial charge in [0.1, 0.15) is 5.60 Å². The average molecular weight is 280 g/mol. The fraction of sp³-hybridized carbons (Fsp3) is 0.917. The van der Waals surface area contributed by atoms with Gasteiger partial charge in [0.15, 0.2) is 0 Å². The molecule has 112 valence electrons. The van der Waals surface area contributed by atoms with Crippen LogP contribution in [0.25, 0.3) is 0 Å². The molecule has 1 aliphatic rings. The maximum Gasteiger partial charge on any atom is 0.407 e. The zero-order chi connectivity index (χ0) is 14.5. The number of amides is 1. The highest BCUT2D eigenvalue weighted by atomic mass is 19.3. The number of carbonyl (C=O) groups excluding carboxylic acids is 1. The zero-order valence-corrected chi connectivity index (χ0v) is 11.6. The van der Waals surface area contributed by atoms with Gasteiger partial charge >= 0.3 is 6.09 Å². The molecule has 1 unspecified atom stereocenters. The van der Waals surface area contributed by atoms with Crippen LogP contribution >= 0.6 is 0 Å². The maximum absolute atomic E-state index is 13.5. The molecule has 1 fully saturated rings. The van der Waals surface area contributed by atoms with Gasteiger partial charge in [-0.25, -0.2) is 13.6 Å². The van der Waals surface area contributed by atoms with Crippen LogP contribution < -0.4 is 10.6 Å². The first-order valence-corrected chi connectivity index (χ1v) is 6.34. The molecular formula is C12H22F2N2O3. The molecule has 7 heteroatoms. The second-order valence-electron chi connectivity index (χ2n) is 5.65. The predicted molar refractivity (Wildman–Crippen MR) is 66.4 cm³/mol. The number of nitrogens with one attached hydrogen (secondary N) is 2. The normalized spacial score (nSPS) is 20.4. The van der Waals surface area contributed by atoms with Crippen molar-refractivity contribution in [1.29, 1.82) is 0 Å². The standard InChI is InChI=1S/C12H22F2N2O3/c1-11(2,3)19-10(17)16-8-12(13,14)7-15-9-4-5-18-6-9/h9,15H,4-8H2,1-3H3,(H,16,17). The molecule has 5 nitrogen and oxygen atoms in total. The Kier molecular flexibility index (Phi) is 5.49. The van der Waals surface area contributed by atoms with Crippen molar-refractivity contribution in [2.45, 2.75) is 44.8 Å². The topological polar surface area (TPSA) is 59.6 Å². The largest absolute Gasteiger partial charge is 0.444 e. The minimum Gasteiger partial charge on any atom is -0.444 e. The molecule has 2 N–H and O–H groups in total. The van der Waals surface area contributed by atoms with Gasteiger partial charge < -0.3 is 20.1 Å². The Morgan fingerprint density at radius 2 is 2.05 bits per heavy atom. The van der Waals surface area contributed by atoms with E-state index in [1.54, 1.807) is 20.8 Å². The van der Waals surface area contributed by atoms with Crippen LogP contribution in [0.2, 0.25) is 0 Å². The quantitative estimate of drug-likeness (QED) is 0.801. The third kappa shape index (κ3) is 7.27. The van der Waals surface area contributed by atoms with E-state index in [1.165, 1.54) is 0 Å². The zero-order valence-electron chi connectivity index (χ0n) is 11.6. The fourth-order valence-electron chi connectivity index (χ4n) is 1.57. The molecule has 1 rings (SSSR count). The van der Waals surface area contributed by atoms with Crippen molar-refractivity contribution < 1.29 is 23.0 Å². The number of ether oxygens (including phenoxy) is 2. The summed E-state index contributed by atoms with van der Waals surface area (Å²) < 4.78 is 37.0. The third-order valence-electron chi connectivity index (χ3n) is 2.47. The molecule has 0 bridgehead atoms. The number of carbonyl (C=O) groups is 1. The second-order valence-corrected chi connectivity index (χ2v) is 5.65. The van der Waals surface area contributed by atoms with Crippen LogP contribution in [0.1, 0.15) is 27.2 Å².